The maximum Gasteiger partial charge on any atom is 0.185 e. The molecule has 1 aromatic rings. The monoisotopic (exact) mass is 281 g/mol. The molecule has 0 bridgehead atoms. The zero-order valence-electron chi connectivity index (χ0n) is 11.6. The second-order valence-electron chi connectivity index (χ2n) is 5.74. The molecule has 0 amide bonds. The van der Waals surface area contributed by atoms with E-state index in [-0.39, 0.29) is 6.04 Å². The van der Waals surface area contributed by atoms with Crippen LogP contribution in [-0.2, 0) is 11.2 Å². The summed E-state index contributed by atoms with van der Waals surface area (Å²) in [4.78, 5) is 8.43. The minimum absolute atomic E-state index is 0.214. The van der Waals surface area contributed by atoms with Gasteiger partial charge in [0.25, 0.3) is 0 Å². The number of hydrogen-bond donors (Lipinski definition) is 1. The van der Waals surface area contributed by atoms with E-state index >= 15 is 0 Å². The van der Waals surface area contributed by atoms with Crippen LogP contribution in [0, 0.1) is 5.92 Å². The molecule has 2 N–H and O–H groups in total. The lowest BCUT2D eigenvalue weighted by Crippen LogP contribution is -2.29. The Hall–Kier alpha value is -0.650. The van der Waals surface area contributed by atoms with Gasteiger partial charge < -0.3 is 15.4 Å². The number of fused-ring (bicyclic) bond motifs is 1. The van der Waals surface area contributed by atoms with Crippen molar-refractivity contribution in [1.29, 1.82) is 0 Å². The van der Waals surface area contributed by atoms with Gasteiger partial charge in [-0.2, -0.15) is 0 Å². The van der Waals surface area contributed by atoms with Gasteiger partial charge >= 0.3 is 0 Å². The van der Waals surface area contributed by atoms with Gasteiger partial charge in [-0.3, -0.25) is 0 Å². The van der Waals surface area contributed by atoms with Crippen LogP contribution in [0.1, 0.15) is 42.3 Å². The second-order valence-corrected chi connectivity index (χ2v) is 6.75. The Morgan fingerprint density at radius 2 is 2.16 bits per heavy atom. The summed E-state index contributed by atoms with van der Waals surface area (Å²) in [7, 11) is 2.16. The SMILES string of the molecule is CN(CC1CCOCC1)c1nc2c(s1)C(N)CCC2. The largest absolute Gasteiger partial charge is 0.381 e. The fraction of sp³-hybridized carbons (Fsp3) is 0.786. The van der Waals surface area contributed by atoms with Crippen LogP contribution in [0.15, 0.2) is 0 Å². The predicted octanol–water partition coefficient (Wildman–Crippen LogP) is 2.34. The summed E-state index contributed by atoms with van der Waals surface area (Å²) < 4.78 is 5.42. The molecule has 4 nitrogen and oxygen atoms in total. The quantitative estimate of drug-likeness (QED) is 0.924. The molecule has 106 valence electrons. The van der Waals surface area contributed by atoms with Crippen LogP contribution >= 0.6 is 11.3 Å². The molecule has 0 spiro atoms. The minimum Gasteiger partial charge on any atom is -0.381 e. The van der Waals surface area contributed by atoms with Crippen LogP contribution in [0.4, 0.5) is 5.13 Å². The van der Waals surface area contributed by atoms with E-state index in [2.05, 4.69) is 11.9 Å². The lowest BCUT2D eigenvalue weighted by molar-refractivity contribution is 0.0685. The van der Waals surface area contributed by atoms with Crippen LogP contribution in [0.2, 0.25) is 0 Å². The fourth-order valence-electron chi connectivity index (χ4n) is 3.00. The van der Waals surface area contributed by atoms with Crippen LogP contribution < -0.4 is 10.6 Å². The molecule has 0 radical (unpaired) electrons. The Balaban J connectivity index is 1.67. The van der Waals surface area contributed by atoms with Crippen molar-refractivity contribution in [1.82, 2.24) is 4.98 Å². The highest BCUT2D eigenvalue weighted by molar-refractivity contribution is 7.15. The average molecular weight is 281 g/mol. The molecule has 3 rings (SSSR count). The first kappa shape index (κ1) is 13.3. The normalized spacial score (nSPS) is 24.2. The topological polar surface area (TPSA) is 51.4 Å². The molecule has 2 heterocycles. The van der Waals surface area contributed by atoms with Gasteiger partial charge in [0, 0.05) is 37.7 Å². The summed E-state index contributed by atoms with van der Waals surface area (Å²) >= 11 is 1.80. The maximum atomic E-state index is 6.18. The van der Waals surface area contributed by atoms with Gasteiger partial charge in [0.1, 0.15) is 0 Å². The number of hydrogen-bond acceptors (Lipinski definition) is 5. The van der Waals surface area contributed by atoms with Crippen LogP contribution in [0.25, 0.3) is 0 Å². The van der Waals surface area contributed by atoms with E-state index in [1.807, 2.05) is 0 Å². The molecule has 1 saturated heterocycles. The van der Waals surface area contributed by atoms with Crippen LogP contribution in [-0.4, -0.2) is 31.8 Å². The maximum absolute atomic E-state index is 6.18. The molecule has 1 fully saturated rings. The molecule has 1 unspecified atom stereocenters. The first-order valence-corrected chi connectivity index (χ1v) is 8.09. The minimum atomic E-state index is 0.214. The Kier molecular flexibility index (Phi) is 4.05. The lowest BCUT2D eigenvalue weighted by Gasteiger charge is -2.26. The third-order valence-electron chi connectivity index (χ3n) is 4.18. The molecule has 0 saturated carbocycles. The van der Waals surface area contributed by atoms with Crippen molar-refractivity contribution in [2.75, 3.05) is 31.7 Å². The Labute approximate surface area is 119 Å². The molecule has 5 heteroatoms. The number of aryl methyl sites for hydroxylation is 1. The lowest BCUT2D eigenvalue weighted by atomic mass is 9.99. The summed E-state index contributed by atoms with van der Waals surface area (Å²) in [5.41, 5.74) is 7.43. The van der Waals surface area contributed by atoms with E-state index in [9.17, 15) is 0 Å². The number of nitrogens with two attached hydrogens (primary N) is 1. The van der Waals surface area contributed by atoms with E-state index < -0.39 is 0 Å². The molecule has 1 aliphatic carbocycles. The van der Waals surface area contributed by atoms with Gasteiger partial charge in [-0.25, -0.2) is 4.98 Å². The highest BCUT2D eigenvalue weighted by Crippen LogP contribution is 2.36. The van der Waals surface area contributed by atoms with E-state index in [1.54, 1.807) is 11.3 Å². The van der Waals surface area contributed by atoms with E-state index in [4.69, 9.17) is 15.5 Å². The number of anilines is 1. The van der Waals surface area contributed by atoms with Gasteiger partial charge in [0.05, 0.1) is 5.69 Å². The van der Waals surface area contributed by atoms with Crippen molar-refractivity contribution in [3.8, 4) is 0 Å². The van der Waals surface area contributed by atoms with Crippen molar-refractivity contribution in [3.05, 3.63) is 10.6 Å². The first-order chi connectivity index (χ1) is 9.24. The van der Waals surface area contributed by atoms with Crippen LogP contribution in [0.5, 0.6) is 0 Å². The van der Waals surface area contributed by atoms with Gasteiger partial charge in [-0.05, 0) is 38.0 Å². The molecular weight excluding hydrogens is 258 g/mol. The first-order valence-electron chi connectivity index (χ1n) is 7.28. The molecule has 1 aromatic heterocycles. The summed E-state index contributed by atoms with van der Waals surface area (Å²) in [6.45, 7) is 2.92. The van der Waals surface area contributed by atoms with E-state index in [1.165, 1.54) is 29.8 Å². The highest BCUT2D eigenvalue weighted by Gasteiger charge is 2.24. The zero-order chi connectivity index (χ0) is 13.2. The molecule has 2 aliphatic rings. The van der Waals surface area contributed by atoms with Crippen molar-refractivity contribution in [2.24, 2.45) is 11.7 Å². The number of aromatic nitrogens is 1. The van der Waals surface area contributed by atoms with Gasteiger partial charge in [0.2, 0.25) is 0 Å². The smallest absolute Gasteiger partial charge is 0.185 e. The van der Waals surface area contributed by atoms with Gasteiger partial charge in [-0.15, -0.1) is 11.3 Å². The molecule has 1 aliphatic heterocycles. The number of ether oxygens (including phenoxy) is 1. The van der Waals surface area contributed by atoms with Crippen molar-refractivity contribution in [3.63, 3.8) is 0 Å². The number of nitrogens with zero attached hydrogens (tertiary/aromatic N) is 2. The fourth-order valence-corrected chi connectivity index (χ4v) is 4.12. The summed E-state index contributed by atoms with van der Waals surface area (Å²) in [6, 6.07) is 0.214. The number of rotatable bonds is 3. The molecule has 1 atom stereocenters. The van der Waals surface area contributed by atoms with Gasteiger partial charge in [-0.1, -0.05) is 0 Å². The Morgan fingerprint density at radius 3 is 2.89 bits per heavy atom. The van der Waals surface area contributed by atoms with Crippen LogP contribution in [0.3, 0.4) is 0 Å². The zero-order valence-corrected chi connectivity index (χ0v) is 12.4. The molecule has 0 aromatic carbocycles. The third-order valence-corrected chi connectivity index (χ3v) is 5.53. The Bertz CT molecular complexity index is 428. The number of thiazole rings is 1. The highest BCUT2D eigenvalue weighted by atomic mass is 32.1. The summed E-state index contributed by atoms with van der Waals surface area (Å²) in [5.74, 6) is 0.744. The summed E-state index contributed by atoms with van der Waals surface area (Å²) in [6.07, 6.45) is 5.74. The second kappa shape index (κ2) is 5.77. The average Bonchev–Trinajstić information content (AvgIpc) is 2.85. The standard InChI is InChI=1S/C14H23N3OS/c1-17(9-10-5-7-18-8-6-10)14-16-12-4-2-3-11(15)13(12)19-14/h10-11H,2-9,15H2,1H3. The third kappa shape index (κ3) is 2.93. The Morgan fingerprint density at radius 1 is 1.37 bits per heavy atom. The van der Waals surface area contributed by atoms with Crippen molar-refractivity contribution >= 4 is 16.5 Å². The molecular formula is C14H23N3OS. The van der Waals surface area contributed by atoms with Crippen molar-refractivity contribution in [2.45, 2.75) is 38.1 Å². The predicted molar refractivity (Wildman–Crippen MR) is 78.8 cm³/mol. The summed E-state index contributed by atoms with van der Waals surface area (Å²) in [5, 5.41) is 1.15. The van der Waals surface area contributed by atoms with Gasteiger partial charge in [0.15, 0.2) is 5.13 Å². The van der Waals surface area contributed by atoms with E-state index in [0.29, 0.717) is 0 Å². The molecule has 19 heavy (non-hydrogen) atoms. The van der Waals surface area contributed by atoms with Crippen molar-refractivity contribution < 1.29 is 4.74 Å². The van der Waals surface area contributed by atoms with E-state index in [0.717, 1.165) is 43.6 Å².